The minimum atomic E-state index is -0.0348. The first-order chi connectivity index (χ1) is 30.7. The van der Waals surface area contributed by atoms with E-state index in [1.807, 2.05) is 0 Å². The summed E-state index contributed by atoms with van der Waals surface area (Å²) in [5.41, 5.74) is 8.91. The van der Waals surface area contributed by atoms with Crippen molar-refractivity contribution in [1.29, 1.82) is 0 Å². The van der Waals surface area contributed by atoms with Gasteiger partial charge in [0.2, 0.25) is 0 Å². The molecular formula is C56H48N2O4. The molecule has 0 spiro atoms. The molecule has 6 nitrogen and oxygen atoms in total. The van der Waals surface area contributed by atoms with Crippen molar-refractivity contribution in [3.8, 4) is 11.1 Å². The highest BCUT2D eigenvalue weighted by Gasteiger charge is 2.23. The highest BCUT2D eigenvalue weighted by molar-refractivity contribution is 6.15. The molecule has 8 aromatic rings. The van der Waals surface area contributed by atoms with Crippen LogP contribution in [0, 0.1) is 0 Å². The zero-order valence-corrected chi connectivity index (χ0v) is 35.0. The van der Waals surface area contributed by atoms with E-state index in [9.17, 15) is 0 Å². The molecule has 2 aliphatic rings. The molecule has 2 aliphatic carbocycles. The summed E-state index contributed by atoms with van der Waals surface area (Å²) < 4.78 is 22.2. The molecule has 0 fully saturated rings. The molecule has 2 atom stereocenters. The van der Waals surface area contributed by atoms with Crippen LogP contribution in [0.25, 0.3) is 54.2 Å². The van der Waals surface area contributed by atoms with E-state index in [4.69, 9.17) is 18.9 Å². The molecule has 10 rings (SSSR count). The maximum absolute atomic E-state index is 5.91. The average Bonchev–Trinajstić information content (AvgIpc) is 3.34. The van der Waals surface area contributed by atoms with Gasteiger partial charge in [-0.2, -0.15) is 0 Å². The van der Waals surface area contributed by atoms with Gasteiger partial charge in [-0.05, 0) is 105 Å². The van der Waals surface area contributed by atoms with Gasteiger partial charge in [-0.1, -0.05) is 146 Å². The number of fused-ring (bicyclic) bond motifs is 6. The lowest BCUT2D eigenvalue weighted by molar-refractivity contribution is -0.0547. The molecule has 0 aromatic heterocycles. The quantitative estimate of drug-likeness (QED) is 0.0853. The van der Waals surface area contributed by atoms with E-state index in [1.165, 1.54) is 43.1 Å². The highest BCUT2D eigenvalue weighted by atomic mass is 16.7. The van der Waals surface area contributed by atoms with Gasteiger partial charge in [-0.3, -0.25) is 0 Å². The third kappa shape index (κ3) is 7.70. The van der Waals surface area contributed by atoms with E-state index in [1.54, 1.807) is 14.2 Å². The van der Waals surface area contributed by atoms with Crippen LogP contribution in [0.15, 0.2) is 206 Å². The second-order valence-electron chi connectivity index (χ2n) is 15.8. The van der Waals surface area contributed by atoms with Crippen LogP contribution < -0.4 is 9.80 Å². The first kappa shape index (κ1) is 39.3. The summed E-state index contributed by atoms with van der Waals surface area (Å²) in [5, 5.41) is 9.75. The smallest absolute Gasteiger partial charge is 0.147 e. The van der Waals surface area contributed by atoms with Gasteiger partial charge in [0.1, 0.15) is 13.6 Å². The van der Waals surface area contributed by atoms with E-state index in [2.05, 4.69) is 204 Å². The Balaban J connectivity index is 1.02. The van der Waals surface area contributed by atoms with E-state index in [0.717, 1.165) is 58.1 Å². The number of hydrogen-bond donors (Lipinski definition) is 0. The summed E-state index contributed by atoms with van der Waals surface area (Å²) in [4.78, 5) is 4.76. The van der Waals surface area contributed by atoms with Crippen molar-refractivity contribution >= 4 is 65.8 Å². The Morgan fingerprint density at radius 1 is 0.435 bits per heavy atom. The number of nitrogens with zero attached hydrogens (tertiary/aromatic N) is 2. The molecule has 0 saturated carbocycles. The fraction of sp³-hybridized carbons (Fsp3) is 0.143. The number of methoxy groups -OCH3 is 2. The molecule has 0 aliphatic heterocycles. The van der Waals surface area contributed by atoms with Gasteiger partial charge in [-0.25, -0.2) is 0 Å². The molecule has 306 valence electrons. The maximum Gasteiger partial charge on any atom is 0.147 e. The second kappa shape index (κ2) is 17.7. The van der Waals surface area contributed by atoms with Crippen molar-refractivity contribution in [2.24, 2.45) is 0 Å². The van der Waals surface area contributed by atoms with Crippen LogP contribution in [0.4, 0.5) is 22.7 Å². The molecule has 8 aromatic carbocycles. The molecule has 0 bridgehead atoms. The fourth-order valence-electron chi connectivity index (χ4n) is 8.97. The van der Waals surface area contributed by atoms with Gasteiger partial charge < -0.3 is 28.7 Å². The minimum absolute atomic E-state index is 0.0348. The summed E-state index contributed by atoms with van der Waals surface area (Å²) in [6.45, 7) is 0.524. The summed E-state index contributed by atoms with van der Waals surface area (Å²) in [5.74, 6) is 0. The molecular weight excluding hydrogens is 765 g/mol. The van der Waals surface area contributed by atoms with Crippen LogP contribution in [0.5, 0.6) is 0 Å². The van der Waals surface area contributed by atoms with Gasteiger partial charge in [0.15, 0.2) is 0 Å². The molecule has 0 heterocycles. The topological polar surface area (TPSA) is 43.4 Å². The first-order valence-corrected chi connectivity index (χ1v) is 21.3. The molecule has 0 N–H and O–H groups in total. The third-order valence-electron chi connectivity index (χ3n) is 12.0. The Labute approximate surface area is 362 Å². The monoisotopic (exact) mass is 812 g/mol. The molecule has 6 heteroatoms. The summed E-state index contributed by atoms with van der Waals surface area (Å²) in [7, 11) is 3.31. The SMILES string of the molecule is COCOC1C=CC(N(c2ccc(-c3ccc(N(C4=CCC(OCOC)C=C4)c4cc5ccccc5c5ccccc45)cc3)cc2)c2cc3ccccc3c3ccccc23)=CC1. The predicted molar refractivity (Wildman–Crippen MR) is 256 cm³/mol. The van der Waals surface area contributed by atoms with E-state index < -0.39 is 0 Å². The third-order valence-corrected chi connectivity index (χ3v) is 12.0. The van der Waals surface area contributed by atoms with E-state index >= 15 is 0 Å². The van der Waals surface area contributed by atoms with Crippen molar-refractivity contribution in [1.82, 2.24) is 0 Å². The largest absolute Gasteiger partial charge is 0.359 e. The molecule has 62 heavy (non-hydrogen) atoms. The van der Waals surface area contributed by atoms with Gasteiger partial charge in [0, 0.05) is 47.8 Å². The van der Waals surface area contributed by atoms with Gasteiger partial charge in [0.05, 0.1) is 23.6 Å². The van der Waals surface area contributed by atoms with Crippen LogP contribution >= 0.6 is 0 Å². The Kier molecular flexibility index (Phi) is 11.2. The fourth-order valence-corrected chi connectivity index (χ4v) is 8.97. The average molecular weight is 813 g/mol. The van der Waals surface area contributed by atoms with Crippen molar-refractivity contribution in [3.05, 3.63) is 206 Å². The normalized spacial score (nSPS) is 16.2. The zero-order chi connectivity index (χ0) is 41.8. The van der Waals surface area contributed by atoms with Crippen molar-refractivity contribution in [3.63, 3.8) is 0 Å². The molecule has 0 saturated heterocycles. The summed E-state index contributed by atoms with van der Waals surface area (Å²) in [6.07, 6.45) is 14.6. The number of hydrogen-bond acceptors (Lipinski definition) is 6. The Bertz CT molecular complexity index is 2810. The number of benzene rings is 8. The number of anilines is 4. The lowest BCUT2D eigenvalue weighted by atomic mass is 9.97. The molecule has 0 radical (unpaired) electrons. The Morgan fingerprint density at radius 2 is 0.806 bits per heavy atom. The van der Waals surface area contributed by atoms with Crippen LogP contribution in [-0.2, 0) is 18.9 Å². The summed E-state index contributed by atoms with van der Waals surface area (Å²) in [6, 6.07) is 57.3. The number of allylic oxidation sites excluding steroid dienone is 2. The zero-order valence-electron chi connectivity index (χ0n) is 35.0. The summed E-state index contributed by atoms with van der Waals surface area (Å²) >= 11 is 0. The van der Waals surface area contributed by atoms with Gasteiger partial charge in [-0.15, -0.1) is 0 Å². The van der Waals surface area contributed by atoms with Gasteiger partial charge in [0.25, 0.3) is 0 Å². The van der Waals surface area contributed by atoms with Crippen LogP contribution in [0.2, 0.25) is 0 Å². The predicted octanol–water partition coefficient (Wildman–Crippen LogP) is 13.9. The Hall–Kier alpha value is -6.80. The lowest BCUT2D eigenvalue weighted by Crippen LogP contribution is -2.20. The molecule has 2 unspecified atom stereocenters. The van der Waals surface area contributed by atoms with Gasteiger partial charge >= 0.3 is 0 Å². The standard InChI is InChI=1S/C56H48N2O4/c1-59-37-61-47-31-27-45(28-32-47)57(55-35-41-11-3-5-13-49(41)51-15-7-9-17-53(51)55)43-23-19-39(20-24-43)40-21-25-44(26-22-40)58(46-29-33-48(34-30-46)62-38-60-2)56-36-42-12-4-6-14-50(42)52-16-8-10-18-54(52)56/h3-31,33,35-36,47-48H,32,34,37-38H2,1-2H3. The number of ether oxygens (including phenoxy) is 4. The van der Waals surface area contributed by atoms with Crippen molar-refractivity contribution < 1.29 is 18.9 Å². The van der Waals surface area contributed by atoms with E-state index in [0.29, 0.717) is 0 Å². The highest BCUT2D eigenvalue weighted by Crippen LogP contribution is 2.43. The van der Waals surface area contributed by atoms with Crippen LogP contribution in [0.3, 0.4) is 0 Å². The second-order valence-corrected chi connectivity index (χ2v) is 15.8. The first-order valence-electron chi connectivity index (χ1n) is 21.3. The van der Waals surface area contributed by atoms with Crippen LogP contribution in [0.1, 0.15) is 12.8 Å². The van der Waals surface area contributed by atoms with Crippen molar-refractivity contribution in [2.75, 3.05) is 37.6 Å². The van der Waals surface area contributed by atoms with E-state index in [-0.39, 0.29) is 25.8 Å². The van der Waals surface area contributed by atoms with Crippen LogP contribution in [-0.4, -0.2) is 40.0 Å². The molecule has 0 amide bonds. The lowest BCUT2D eigenvalue weighted by Gasteiger charge is -2.31. The van der Waals surface area contributed by atoms with Crippen molar-refractivity contribution in [2.45, 2.75) is 25.0 Å². The maximum atomic E-state index is 5.91. The number of rotatable bonds is 13. The Morgan fingerprint density at radius 3 is 1.18 bits per heavy atom. The minimum Gasteiger partial charge on any atom is -0.359 e.